The van der Waals surface area contributed by atoms with Crippen LogP contribution in [0.15, 0.2) is 24.3 Å². The maximum absolute atomic E-state index is 9.56. The molecule has 0 aliphatic carbocycles. The first kappa shape index (κ1) is 18.3. The standard InChI is InChI=1S/C16H30NO3Si/c1-5-17(6-2,7-3)14-16-10-8-15(9-11-16)12-13-21(18,19)20-4/h8-11,18-19H,5-7,12-14H2,1-4H3/q+1. The zero-order valence-corrected chi connectivity index (χ0v) is 14.8. The minimum Gasteiger partial charge on any atom is -0.390 e. The van der Waals surface area contributed by atoms with Crippen LogP contribution < -0.4 is 0 Å². The van der Waals surface area contributed by atoms with E-state index in [1.807, 2.05) is 0 Å². The van der Waals surface area contributed by atoms with Gasteiger partial charge in [0, 0.05) is 18.7 Å². The number of hydrogen-bond acceptors (Lipinski definition) is 3. The Hall–Kier alpha value is -0.723. The van der Waals surface area contributed by atoms with E-state index in [0.29, 0.717) is 12.5 Å². The normalized spacial score (nSPS) is 12.7. The van der Waals surface area contributed by atoms with Crippen molar-refractivity contribution in [1.82, 2.24) is 0 Å². The first-order valence-electron chi connectivity index (χ1n) is 7.83. The van der Waals surface area contributed by atoms with E-state index >= 15 is 0 Å². The van der Waals surface area contributed by atoms with Gasteiger partial charge < -0.3 is 18.5 Å². The van der Waals surface area contributed by atoms with Gasteiger partial charge in [-0.15, -0.1) is 0 Å². The Labute approximate surface area is 130 Å². The van der Waals surface area contributed by atoms with Crippen molar-refractivity contribution >= 4 is 8.80 Å². The van der Waals surface area contributed by atoms with Gasteiger partial charge in [-0.3, -0.25) is 0 Å². The number of aryl methyl sites for hydroxylation is 1. The van der Waals surface area contributed by atoms with Crippen LogP contribution in [0.1, 0.15) is 31.9 Å². The highest BCUT2D eigenvalue weighted by Crippen LogP contribution is 2.16. The molecule has 0 saturated carbocycles. The van der Waals surface area contributed by atoms with Crippen molar-refractivity contribution in [1.29, 1.82) is 0 Å². The quantitative estimate of drug-likeness (QED) is 0.543. The van der Waals surface area contributed by atoms with E-state index in [1.54, 1.807) is 0 Å². The molecule has 2 N–H and O–H groups in total. The summed E-state index contributed by atoms with van der Waals surface area (Å²) in [6, 6.07) is 8.81. The van der Waals surface area contributed by atoms with Crippen molar-refractivity contribution in [2.45, 2.75) is 39.8 Å². The van der Waals surface area contributed by atoms with Crippen LogP contribution in [0, 0.1) is 0 Å². The van der Waals surface area contributed by atoms with Gasteiger partial charge in [0.15, 0.2) is 0 Å². The first-order chi connectivity index (χ1) is 9.90. The molecule has 0 amide bonds. The molecule has 0 radical (unpaired) electrons. The largest absolute Gasteiger partial charge is 0.495 e. The highest BCUT2D eigenvalue weighted by molar-refractivity contribution is 6.57. The van der Waals surface area contributed by atoms with Crippen LogP contribution in [0.3, 0.4) is 0 Å². The minimum atomic E-state index is -3.43. The van der Waals surface area contributed by atoms with Crippen LogP contribution in [-0.4, -0.2) is 49.6 Å². The molecule has 0 spiro atoms. The van der Waals surface area contributed by atoms with E-state index in [2.05, 4.69) is 45.0 Å². The van der Waals surface area contributed by atoms with Gasteiger partial charge in [0.05, 0.1) is 19.6 Å². The zero-order valence-electron chi connectivity index (χ0n) is 13.8. The lowest BCUT2D eigenvalue weighted by Crippen LogP contribution is -2.46. The number of quaternary nitrogens is 1. The highest BCUT2D eigenvalue weighted by atomic mass is 28.4. The fraction of sp³-hybridized carbons (Fsp3) is 0.625. The van der Waals surface area contributed by atoms with Gasteiger partial charge in [0.2, 0.25) is 0 Å². The minimum absolute atomic E-state index is 0.307. The van der Waals surface area contributed by atoms with Crippen LogP contribution in [0.25, 0.3) is 0 Å². The second kappa shape index (κ2) is 8.05. The molecule has 0 fully saturated rings. The van der Waals surface area contributed by atoms with E-state index in [-0.39, 0.29) is 0 Å². The van der Waals surface area contributed by atoms with E-state index in [4.69, 9.17) is 4.43 Å². The molecule has 0 heterocycles. The van der Waals surface area contributed by atoms with Crippen LogP contribution >= 0.6 is 0 Å². The number of hydrogen-bond donors (Lipinski definition) is 2. The fourth-order valence-electron chi connectivity index (χ4n) is 2.61. The van der Waals surface area contributed by atoms with Gasteiger partial charge >= 0.3 is 8.80 Å². The topological polar surface area (TPSA) is 49.7 Å². The Morgan fingerprint density at radius 3 is 1.86 bits per heavy atom. The molecule has 5 heteroatoms. The predicted molar refractivity (Wildman–Crippen MR) is 87.7 cm³/mol. The Balaban J connectivity index is 2.66. The van der Waals surface area contributed by atoms with Crippen LogP contribution in [0.4, 0.5) is 0 Å². The second-order valence-electron chi connectivity index (χ2n) is 5.71. The molecular weight excluding hydrogens is 282 g/mol. The van der Waals surface area contributed by atoms with Gasteiger partial charge in [-0.25, -0.2) is 0 Å². The average Bonchev–Trinajstić information content (AvgIpc) is 2.52. The van der Waals surface area contributed by atoms with Crippen molar-refractivity contribution < 1.29 is 18.5 Å². The van der Waals surface area contributed by atoms with Crippen molar-refractivity contribution in [3.05, 3.63) is 35.4 Å². The Morgan fingerprint density at radius 1 is 0.952 bits per heavy atom. The summed E-state index contributed by atoms with van der Waals surface area (Å²) in [5, 5.41) is 0. The first-order valence-corrected chi connectivity index (χ1v) is 9.84. The summed E-state index contributed by atoms with van der Waals surface area (Å²) in [5.41, 5.74) is 2.46. The van der Waals surface area contributed by atoms with Gasteiger partial charge in [-0.2, -0.15) is 0 Å². The molecule has 0 aromatic heterocycles. The van der Waals surface area contributed by atoms with Crippen LogP contribution in [-0.2, 0) is 17.4 Å². The Kier molecular flexibility index (Phi) is 7.03. The fourth-order valence-corrected chi connectivity index (χ4v) is 3.43. The lowest BCUT2D eigenvalue weighted by atomic mass is 10.1. The van der Waals surface area contributed by atoms with Crippen molar-refractivity contribution in [2.75, 3.05) is 26.7 Å². The predicted octanol–water partition coefficient (Wildman–Crippen LogP) is 2.18. The molecule has 0 aliphatic rings. The molecular formula is C16H30NO3Si+. The number of benzene rings is 1. The van der Waals surface area contributed by atoms with E-state index < -0.39 is 8.80 Å². The third kappa shape index (κ3) is 5.52. The summed E-state index contributed by atoms with van der Waals surface area (Å²) >= 11 is 0. The van der Waals surface area contributed by atoms with Gasteiger partial charge in [0.25, 0.3) is 0 Å². The maximum Gasteiger partial charge on any atom is 0.495 e. The van der Waals surface area contributed by atoms with Gasteiger partial charge in [-0.1, -0.05) is 24.3 Å². The smallest absolute Gasteiger partial charge is 0.390 e. The zero-order chi connectivity index (χ0) is 15.9. The van der Waals surface area contributed by atoms with Gasteiger partial charge in [0.1, 0.15) is 6.54 Å². The average molecular weight is 313 g/mol. The van der Waals surface area contributed by atoms with Crippen molar-refractivity contribution in [3.8, 4) is 0 Å². The molecule has 120 valence electrons. The number of rotatable bonds is 9. The van der Waals surface area contributed by atoms with Crippen LogP contribution in [0.5, 0.6) is 0 Å². The summed E-state index contributed by atoms with van der Waals surface area (Å²) in [4.78, 5) is 19.1. The molecule has 1 aromatic carbocycles. The summed E-state index contributed by atoms with van der Waals surface area (Å²) in [6.07, 6.45) is 0.642. The molecule has 0 bridgehead atoms. The van der Waals surface area contributed by atoms with Crippen molar-refractivity contribution in [2.24, 2.45) is 0 Å². The Bertz CT molecular complexity index is 408. The molecule has 0 atom stereocenters. The third-order valence-electron chi connectivity index (χ3n) is 4.62. The lowest BCUT2D eigenvalue weighted by Gasteiger charge is -2.35. The van der Waals surface area contributed by atoms with E-state index in [9.17, 15) is 9.59 Å². The Morgan fingerprint density at radius 2 is 1.43 bits per heavy atom. The highest BCUT2D eigenvalue weighted by Gasteiger charge is 2.29. The summed E-state index contributed by atoms with van der Waals surface area (Å²) in [7, 11) is -2.08. The van der Waals surface area contributed by atoms with Gasteiger partial charge in [-0.05, 0) is 32.8 Å². The maximum atomic E-state index is 9.56. The van der Waals surface area contributed by atoms with Crippen LogP contribution in [0.2, 0.25) is 6.04 Å². The molecule has 4 nitrogen and oxygen atoms in total. The number of nitrogens with zero attached hydrogens (tertiary/aromatic N) is 1. The molecule has 21 heavy (non-hydrogen) atoms. The molecule has 0 aliphatic heterocycles. The molecule has 0 unspecified atom stereocenters. The third-order valence-corrected chi connectivity index (χ3v) is 6.17. The SMILES string of the molecule is CC[N+](CC)(CC)Cc1ccc(CC[Si](O)(O)OC)cc1. The van der Waals surface area contributed by atoms with E-state index in [1.165, 1.54) is 12.7 Å². The van der Waals surface area contributed by atoms with Crippen molar-refractivity contribution in [3.63, 3.8) is 0 Å². The van der Waals surface area contributed by atoms with E-state index in [0.717, 1.165) is 36.2 Å². The lowest BCUT2D eigenvalue weighted by molar-refractivity contribution is -0.936. The second-order valence-corrected chi connectivity index (χ2v) is 8.11. The monoisotopic (exact) mass is 312 g/mol. The molecule has 1 aromatic rings. The summed E-state index contributed by atoms with van der Waals surface area (Å²) < 4.78 is 5.84. The molecule has 0 saturated heterocycles. The summed E-state index contributed by atoms with van der Waals surface area (Å²) in [6.45, 7) is 11.2. The summed E-state index contributed by atoms with van der Waals surface area (Å²) in [5.74, 6) is 0. The molecule has 1 rings (SSSR count).